The van der Waals surface area contributed by atoms with Crippen molar-refractivity contribution in [3.63, 3.8) is 0 Å². The SMILES string of the molecule is CC(C)n1cc(NS(=O)(=O)c2ccc(CN)cc2Cl)cn1. The Morgan fingerprint density at radius 2 is 2.14 bits per heavy atom. The first-order valence-electron chi connectivity index (χ1n) is 6.39. The Hall–Kier alpha value is -1.57. The highest BCUT2D eigenvalue weighted by molar-refractivity contribution is 7.92. The standard InChI is InChI=1S/C13H17ClN4O2S/c1-9(2)18-8-11(7-16-18)17-21(19,20)13-4-3-10(6-15)5-12(13)14/h3-5,7-9,17H,6,15H2,1-2H3. The Bertz CT molecular complexity index is 740. The van der Waals surface area contributed by atoms with Crippen LogP contribution >= 0.6 is 11.6 Å². The minimum Gasteiger partial charge on any atom is -0.326 e. The van der Waals surface area contributed by atoms with E-state index < -0.39 is 10.0 Å². The summed E-state index contributed by atoms with van der Waals surface area (Å²) in [5.74, 6) is 0. The number of benzene rings is 1. The Morgan fingerprint density at radius 1 is 1.43 bits per heavy atom. The van der Waals surface area contributed by atoms with Crippen molar-refractivity contribution in [2.24, 2.45) is 5.73 Å². The highest BCUT2D eigenvalue weighted by Gasteiger charge is 2.19. The lowest BCUT2D eigenvalue weighted by molar-refractivity contribution is 0.532. The molecule has 0 unspecified atom stereocenters. The summed E-state index contributed by atoms with van der Waals surface area (Å²) in [6.45, 7) is 4.20. The summed E-state index contributed by atoms with van der Waals surface area (Å²) in [6.07, 6.45) is 3.09. The van der Waals surface area contributed by atoms with Gasteiger partial charge in [-0.1, -0.05) is 17.7 Å². The second kappa shape index (κ2) is 6.05. The molecule has 3 N–H and O–H groups in total. The van der Waals surface area contributed by atoms with Gasteiger partial charge < -0.3 is 5.73 Å². The van der Waals surface area contributed by atoms with Crippen LogP contribution in [0, 0.1) is 0 Å². The first-order valence-corrected chi connectivity index (χ1v) is 8.25. The van der Waals surface area contributed by atoms with Crippen molar-refractivity contribution in [2.45, 2.75) is 31.3 Å². The van der Waals surface area contributed by atoms with Gasteiger partial charge in [-0.05, 0) is 31.5 Å². The predicted molar refractivity (Wildman–Crippen MR) is 82.8 cm³/mol. The van der Waals surface area contributed by atoms with Crippen LogP contribution in [-0.4, -0.2) is 18.2 Å². The van der Waals surface area contributed by atoms with E-state index in [4.69, 9.17) is 17.3 Å². The summed E-state index contributed by atoms with van der Waals surface area (Å²) in [7, 11) is -3.76. The van der Waals surface area contributed by atoms with Crippen LogP contribution in [0.25, 0.3) is 0 Å². The average Bonchev–Trinajstić information content (AvgIpc) is 2.86. The molecule has 0 saturated heterocycles. The molecule has 21 heavy (non-hydrogen) atoms. The van der Waals surface area contributed by atoms with Gasteiger partial charge in [0.1, 0.15) is 4.90 Å². The molecule has 0 atom stereocenters. The van der Waals surface area contributed by atoms with Crippen LogP contribution in [0.1, 0.15) is 25.5 Å². The van der Waals surface area contributed by atoms with Crippen molar-refractivity contribution in [2.75, 3.05) is 4.72 Å². The number of rotatable bonds is 5. The molecule has 0 spiro atoms. The van der Waals surface area contributed by atoms with Crippen molar-refractivity contribution >= 4 is 27.3 Å². The topological polar surface area (TPSA) is 90.0 Å². The van der Waals surface area contributed by atoms with E-state index in [1.54, 1.807) is 23.0 Å². The third kappa shape index (κ3) is 3.55. The monoisotopic (exact) mass is 328 g/mol. The van der Waals surface area contributed by atoms with Gasteiger partial charge in [-0.2, -0.15) is 5.10 Å². The normalized spacial score (nSPS) is 11.9. The molecule has 0 fully saturated rings. The maximum absolute atomic E-state index is 12.3. The van der Waals surface area contributed by atoms with Crippen LogP contribution in [0.3, 0.4) is 0 Å². The zero-order chi connectivity index (χ0) is 15.6. The molecule has 2 aromatic rings. The fourth-order valence-electron chi connectivity index (χ4n) is 1.77. The molecule has 0 radical (unpaired) electrons. The summed E-state index contributed by atoms with van der Waals surface area (Å²) in [4.78, 5) is 0.0127. The van der Waals surface area contributed by atoms with Crippen molar-refractivity contribution in [1.29, 1.82) is 0 Å². The predicted octanol–water partition coefficient (Wildman–Crippen LogP) is 2.38. The summed E-state index contributed by atoms with van der Waals surface area (Å²) in [5, 5.41) is 4.22. The first kappa shape index (κ1) is 15.8. The zero-order valence-electron chi connectivity index (χ0n) is 11.7. The van der Waals surface area contributed by atoms with E-state index in [2.05, 4.69) is 9.82 Å². The maximum Gasteiger partial charge on any atom is 0.263 e. The lowest BCUT2D eigenvalue weighted by Crippen LogP contribution is -2.13. The second-order valence-electron chi connectivity index (χ2n) is 4.88. The summed E-state index contributed by atoms with van der Waals surface area (Å²) in [6, 6.07) is 4.78. The number of hydrogen-bond acceptors (Lipinski definition) is 4. The first-order chi connectivity index (χ1) is 9.83. The number of halogens is 1. The van der Waals surface area contributed by atoms with Gasteiger partial charge in [0.2, 0.25) is 0 Å². The summed E-state index contributed by atoms with van der Waals surface area (Å²) >= 11 is 6.02. The Balaban J connectivity index is 2.29. The van der Waals surface area contributed by atoms with Crippen LogP contribution in [0.15, 0.2) is 35.5 Å². The molecule has 1 heterocycles. The molecule has 114 valence electrons. The zero-order valence-corrected chi connectivity index (χ0v) is 13.3. The molecule has 0 aliphatic heterocycles. The van der Waals surface area contributed by atoms with E-state index in [1.807, 2.05) is 13.8 Å². The van der Waals surface area contributed by atoms with E-state index in [0.717, 1.165) is 5.56 Å². The summed E-state index contributed by atoms with van der Waals surface area (Å²) in [5.41, 5.74) is 6.66. The van der Waals surface area contributed by atoms with E-state index in [0.29, 0.717) is 12.2 Å². The smallest absolute Gasteiger partial charge is 0.263 e. The fourth-order valence-corrected chi connectivity index (χ4v) is 3.37. The fraction of sp³-hybridized carbons (Fsp3) is 0.308. The molecule has 0 aliphatic carbocycles. The highest BCUT2D eigenvalue weighted by Crippen LogP contribution is 2.25. The molecule has 1 aromatic heterocycles. The quantitative estimate of drug-likeness (QED) is 0.881. The van der Waals surface area contributed by atoms with Crippen molar-refractivity contribution in [3.8, 4) is 0 Å². The Kier molecular flexibility index (Phi) is 4.55. The second-order valence-corrected chi connectivity index (χ2v) is 6.94. The van der Waals surface area contributed by atoms with Gasteiger partial charge >= 0.3 is 0 Å². The summed E-state index contributed by atoms with van der Waals surface area (Å²) < 4.78 is 28.8. The molecule has 0 amide bonds. The maximum atomic E-state index is 12.3. The third-order valence-electron chi connectivity index (χ3n) is 2.90. The molecular formula is C13H17ClN4O2S. The van der Waals surface area contributed by atoms with Gasteiger partial charge in [-0.15, -0.1) is 0 Å². The van der Waals surface area contributed by atoms with E-state index in [9.17, 15) is 8.42 Å². The Labute approximate surface area is 129 Å². The van der Waals surface area contributed by atoms with Crippen molar-refractivity contribution in [1.82, 2.24) is 9.78 Å². The molecule has 8 heteroatoms. The van der Waals surface area contributed by atoms with Crippen molar-refractivity contribution in [3.05, 3.63) is 41.2 Å². The van der Waals surface area contributed by atoms with E-state index in [-0.39, 0.29) is 16.0 Å². The molecule has 0 aliphatic rings. The number of sulfonamides is 1. The van der Waals surface area contributed by atoms with E-state index >= 15 is 0 Å². The molecule has 0 bridgehead atoms. The van der Waals surface area contributed by atoms with E-state index in [1.165, 1.54) is 12.3 Å². The molecule has 6 nitrogen and oxygen atoms in total. The molecular weight excluding hydrogens is 312 g/mol. The van der Waals surface area contributed by atoms with Crippen LogP contribution in [-0.2, 0) is 16.6 Å². The average molecular weight is 329 g/mol. The molecule has 1 aromatic carbocycles. The number of nitrogens with one attached hydrogen (secondary N) is 1. The Morgan fingerprint density at radius 3 is 2.67 bits per heavy atom. The molecule has 0 saturated carbocycles. The van der Waals surface area contributed by atoms with Gasteiger partial charge in [-0.3, -0.25) is 9.40 Å². The minimum atomic E-state index is -3.76. The van der Waals surface area contributed by atoms with Gasteiger partial charge in [0.15, 0.2) is 0 Å². The lowest BCUT2D eigenvalue weighted by Gasteiger charge is -2.09. The van der Waals surface area contributed by atoms with Gasteiger partial charge in [0, 0.05) is 18.8 Å². The number of hydrogen-bond donors (Lipinski definition) is 2. The van der Waals surface area contributed by atoms with Gasteiger partial charge in [0.05, 0.1) is 16.9 Å². The lowest BCUT2D eigenvalue weighted by atomic mass is 10.2. The van der Waals surface area contributed by atoms with Crippen LogP contribution < -0.4 is 10.5 Å². The number of nitrogens with zero attached hydrogens (tertiary/aromatic N) is 2. The highest BCUT2D eigenvalue weighted by atomic mass is 35.5. The third-order valence-corrected chi connectivity index (χ3v) is 4.77. The van der Waals surface area contributed by atoms with Gasteiger partial charge in [0.25, 0.3) is 10.0 Å². The van der Waals surface area contributed by atoms with Crippen LogP contribution in [0.4, 0.5) is 5.69 Å². The number of anilines is 1. The molecule has 2 rings (SSSR count). The van der Waals surface area contributed by atoms with Gasteiger partial charge in [-0.25, -0.2) is 8.42 Å². The van der Waals surface area contributed by atoms with Crippen molar-refractivity contribution < 1.29 is 8.42 Å². The number of nitrogens with two attached hydrogens (primary N) is 1. The van der Waals surface area contributed by atoms with Crippen LogP contribution in [0.2, 0.25) is 5.02 Å². The van der Waals surface area contributed by atoms with Crippen LogP contribution in [0.5, 0.6) is 0 Å². The number of aromatic nitrogens is 2. The minimum absolute atomic E-state index is 0.0127. The largest absolute Gasteiger partial charge is 0.326 e.